The highest BCUT2D eigenvalue weighted by Gasteiger charge is 2.33. The van der Waals surface area contributed by atoms with Crippen molar-refractivity contribution in [2.45, 2.75) is 39.3 Å². The molecule has 36 heavy (non-hydrogen) atoms. The van der Waals surface area contributed by atoms with E-state index in [0.29, 0.717) is 17.9 Å². The van der Waals surface area contributed by atoms with Gasteiger partial charge in [-0.25, -0.2) is 4.68 Å². The summed E-state index contributed by atoms with van der Waals surface area (Å²) in [6.45, 7) is 5.45. The highest BCUT2D eigenvalue weighted by molar-refractivity contribution is 5.83. The third-order valence-corrected chi connectivity index (χ3v) is 7.31. The summed E-state index contributed by atoms with van der Waals surface area (Å²) in [4.78, 5) is 19.2. The molecule has 1 unspecified atom stereocenters. The predicted molar refractivity (Wildman–Crippen MR) is 141 cm³/mol. The van der Waals surface area contributed by atoms with Gasteiger partial charge in [-0.3, -0.25) is 4.79 Å². The second-order valence-electron chi connectivity index (χ2n) is 9.53. The van der Waals surface area contributed by atoms with E-state index in [1.807, 2.05) is 35.9 Å². The largest absolute Gasteiger partial charge is 0.357 e. The Morgan fingerprint density at radius 1 is 1.00 bits per heavy atom. The molecule has 3 aromatic carbocycles. The van der Waals surface area contributed by atoms with Gasteiger partial charge in [0.15, 0.2) is 5.82 Å². The summed E-state index contributed by atoms with van der Waals surface area (Å²) in [5, 5.41) is 13.9. The van der Waals surface area contributed by atoms with Crippen molar-refractivity contribution in [3.05, 3.63) is 117 Å². The molecule has 1 N–H and O–H groups in total. The third-order valence-electron chi connectivity index (χ3n) is 7.31. The highest BCUT2D eigenvalue weighted by atomic mass is 16.1. The zero-order valence-electron chi connectivity index (χ0n) is 20.5. The normalized spacial score (nSPS) is 14.1. The number of rotatable bonds is 5. The number of nitrogens with zero attached hydrogens (tertiary/aromatic N) is 5. The van der Waals surface area contributed by atoms with E-state index in [1.54, 1.807) is 0 Å². The van der Waals surface area contributed by atoms with Crippen LogP contribution in [-0.2, 0) is 13.0 Å². The van der Waals surface area contributed by atoms with Crippen LogP contribution in [0.3, 0.4) is 0 Å². The van der Waals surface area contributed by atoms with E-state index in [1.165, 1.54) is 5.56 Å². The number of hydrogen-bond donors (Lipinski definition) is 1. The summed E-state index contributed by atoms with van der Waals surface area (Å²) >= 11 is 0. The number of para-hydroxylation sites is 1. The monoisotopic (exact) mass is 476 g/mol. The molecular weight excluding hydrogens is 448 g/mol. The third kappa shape index (κ3) is 3.86. The van der Waals surface area contributed by atoms with Gasteiger partial charge in [-0.1, -0.05) is 60.7 Å². The van der Waals surface area contributed by atoms with Crippen molar-refractivity contribution < 1.29 is 0 Å². The molecule has 0 fully saturated rings. The van der Waals surface area contributed by atoms with Crippen molar-refractivity contribution >= 4 is 16.6 Å². The van der Waals surface area contributed by atoms with E-state index in [-0.39, 0.29) is 5.56 Å². The Hall–Kier alpha value is -4.26. The average molecular weight is 477 g/mol. The minimum absolute atomic E-state index is 0.112. The molecule has 0 aliphatic carbocycles. The van der Waals surface area contributed by atoms with Gasteiger partial charge in [-0.2, -0.15) is 0 Å². The fraction of sp³-hybridized carbons (Fsp3) is 0.241. The molecule has 0 amide bonds. The quantitative estimate of drug-likeness (QED) is 0.397. The molecule has 3 heterocycles. The Labute approximate surface area is 209 Å². The van der Waals surface area contributed by atoms with Crippen LogP contribution in [0.15, 0.2) is 77.6 Å². The molecular formula is C29H28N6O. The number of tetrazole rings is 1. The Morgan fingerprint density at radius 3 is 2.67 bits per heavy atom. The lowest BCUT2D eigenvalue weighted by atomic mass is 9.95. The summed E-state index contributed by atoms with van der Waals surface area (Å²) in [6.07, 6.45) is 2.01. The second kappa shape index (κ2) is 9.07. The number of aryl methyl sites for hydroxylation is 3. The van der Waals surface area contributed by atoms with Gasteiger partial charge in [0, 0.05) is 17.8 Å². The minimum Gasteiger partial charge on any atom is -0.357 e. The number of anilines is 1. The maximum atomic E-state index is 13.7. The molecule has 0 radical (unpaired) electrons. The standard InChI is InChI=1S/C29H28N6O/c1-19-14-15-23-17-24(29(36)30-26(23)20(19)2)27(34-16-8-12-22-11-6-7-13-25(22)34)28-31-32-33-35(28)18-21-9-4-3-5-10-21/h3-7,9-11,13-15,17,27H,8,12,16,18H2,1-2H3,(H,30,36). The van der Waals surface area contributed by atoms with E-state index in [9.17, 15) is 4.79 Å². The van der Waals surface area contributed by atoms with Crippen LogP contribution in [0.2, 0.25) is 0 Å². The van der Waals surface area contributed by atoms with Gasteiger partial charge in [0.05, 0.1) is 12.1 Å². The van der Waals surface area contributed by atoms with Crippen LogP contribution in [0.4, 0.5) is 5.69 Å². The number of hydrogen-bond acceptors (Lipinski definition) is 5. The molecule has 5 aromatic rings. The lowest BCUT2D eigenvalue weighted by Gasteiger charge is -2.37. The van der Waals surface area contributed by atoms with Crippen LogP contribution >= 0.6 is 0 Å². The fourth-order valence-electron chi connectivity index (χ4n) is 5.30. The molecule has 7 heteroatoms. The van der Waals surface area contributed by atoms with Crippen molar-refractivity contribution in [1.82, 2.24) is 25.2 Å². The van der Waals surface area contributed by atoms with Gasteiger partial charge >= 0.3 is 0 Å². The first-order valence-electron chi connectivity index (χ1n) is 12.4. The number of aromatic amines is 1. The van der Waals surface area contributed by atoms with Crippen LogP contribution in [0, 0.1) is 13.8 Å². The topological polar surface area (TPSA) is 79.7 Å². The highest BCUT2D eigenvalue weighted by Crippen LogP contribution is 2.37. The summed E-state index contributed by atoms with van der Waals surface area (Å²) in [5.74, 6) is 0.657. The van der Waals surface area contributed by atoms with Crippen LogP contribution in [0.5, 0.6) is 0 Å². The molecule has 0 saturated heterocycles. The number of fused-ring (bicyclic) bond motifs is 2. The van der Waals surface area contributed by atoms with Crippen LogP contribution in [-0.4, -0.2) is 31.7 Å². The van der Waals surface area contributed by atoms with E-state index in [4.69, 9.17) is 0 Å². The lowest BCUT2D eigenvalue weighted by Crippen LogP contribution is -2.38. The Kier molecular flexibility index (Phi) is 5.60. The molecule has 0 saturated carbocycles. The second-order valence-corrected chi connectivity index (χ2v) is 9.53. The maximum absolute atomic E-state index is 13.7. The zero-order valence-corrected chi connectivity index (χ0v) is 20.5. The molecule has 0 bridgehead atoms. The summed E-state index contributed by atoms with van der Waals surface area (Å²) < 4.78 is 1.82. The smallest absolute Gasteiger partial charge is 0.254 e. The SMILES string of the molecule is Cc1ccc2cc(C(c3nnnn3Cc3ccccc3)N3CCCc4ccccc43)c(=O)[nH]c2c1C. The van der Waals surface area contributed by atoms with Gasteiger partial charge in [0.25, 0.3) is 5.56 Å². The van der Waals surface area contributed by atoms with Crippen LogP contribution in [0.25, 0.3) is 10.9 Å². The summed E-state index contributed by atoms with van der Waals surface area (Å²) in [6, 6.07) is 24.3. The average Bonchev–Trinajstić information content (AvgIpc) is 3.35. The minimum atomic E-state index is -0.431. The molecule has 0 spiro atoms. The van der Waals surface area contributed by atoms with Crippen molar-refractivity contribution in [2.24, 2.45) is 0 Å². The van der Waals surface area contributed by atoms with Gasteiger partial charge in [0.1, 0.15) is 6.04 Å². The van der Waals surface area contributed by atoms with E-state index < -0.39 is 6.04 Å². The summed E-state index contributed by atoms with van der Waals surface area (Å²) in [5.41, 5.74) is 7.16. The van der Waals surface area contributed by atoms with Crippen molar-refractivity contribution in [1.29, 1.82) is 0 Å². The maximum Gasteiger partial charge on any atom is 0.254 e. The van der Waals surface area contributed by atoms with Crippen molar-refractivity contribution in [3.63, 3.8) is 0 Å². The Balaban J connectivity index is 1.55. The Bertz CT molecular complexity index is 1600. The molecule has 7 nitrogen and oxygen atoms in total. The first-order chi connectivity index (χ1) is 17.6. The Morgan fingerprint density at radius 2 is 1.81 bits per heavy atom. The van der Waals surface area contributed by atoms with Gasteiger partial charge in [0.2, 0.25) is 0 Å². The van der Waals surface area contributed by atoms with Crippen LogP contribution in [0.1, 0.15) is 46.1 Å². The van der Waals surface area contributed by atoms with E-state index in [0.717, 1.165) is 52.7 Å². The van der Waals surface area contributed by atoms with Crippen molar-refractivity contribution in [3.8, 4) is 0 Å². The first kappa shape index (κ1) is 22.2. The molecule has 6 rings (SSSR count). The van der Waals surface area contributed by atoms with Gasteiger partial charge in [-0.05, 0) is 76.9 Å². The molecule has 1 aliphatic heterocycles. The summed E-state index contributed by atoms with van der Waals surface area (Å²) in [7, 11) is 0. The molecule has 180 valence electrons. The van der Waals surface area contributed by atoms with E-state index in [2.05, 4.69) is 80.9 Å². The number of aromatic nitrogens is 5. The number of benzene rings is 3. The predicted octanol–water partition coefficient (Wildman–Crippen LogP) is 4.72. The molecule has 2 aromatic heterocycles. The number of H-pyrrole nitrogens is 1. The van der Waals surface area contributed by atoms with Gasteiger partial charge < -0.3 is 9.88 Å². The molecule has 1 aliphatic rings. The van der Waals surface area contributed by atoms with E-state index >= 15 is 0 Å². The van der Waals surface area contributed by atoms with Gasteiger partial charge in [-0.15, -0.1) is 5.10 Å². The lowest BCUT2D eigenvalue weighted by molar-refractivity contribution is 0.555. The van der Waals surface area contributed by atoms with Crippen molar-refractivity contribution in [2.75, 3.05) is 11.4 Å². The number of nitrogens with one attached hydrogen (secondary N) is 1. The molecule has 1 atom stereocenters. The zero-order chi connectivity index (χ0) is 24.6. The number of pyridine rings is 1. The first-order valence-corrected chi connectivity index (χ1v) is 12.4. The van der Waals surface area contributed by atoms with Crippen LogP contribution < -0.4 is 10.5 Å². The fourth-order valence-corrected chi connectivity index (χ4v) is 5.30.